The molecule has 2 saturated heterocycles. The SMILES string of the molecule is Cc1ccc(NN2C(=O)C3CC4C(=CCC5C(=O)N(C)C(=O)C54)C(c4ccc(O)c(C)c4)C3(c3ccccc3)C2=O)cc1. The van der Waals surface area contributed by atoms with Crippen LogP contribution in [-0.4, -0.2) is 45.7 Å². The van der Waals surface area contributed by atoms with E-state index >= 15 is 0 Å². The lowest BCUT2D eigenvalue weighted by atomic mass is 9.49. The average Bonchev–Trinajstić information content (AvgIpc) is 3.36. The van der Waals surface area contributed by atoms with Gasteiger partial charge in [-0.15, -0.1) is 0 Å². The number of hydrogen-bond acceptors (Lipinski definition) is 6. The van der Waals surface area contributed by atoms with Gasteiger partial charge in [0.2, 0.25) is 11.8 Å². The molecule has 3 fully saturated rings. The van der Waals surface area contributed by atoms with Crippen molar-refractivity contribution in [2.75, 3.05) is 12.5 Å². The van der Waals surface area contributed by atoms with Crippen LogP contribution in [0.5, 0.6) is 5.75 Å². The molecule has 2 N–H and O–H groups in total. The van der Waals surface area contributed by atoms with E-state index in [4.69, 9.17) is 0 Å². The molecule has 7 rings (SSSR count). The molecule has 3 aromatic carbocycles. The largest absolute Gasteiger partial charge is 0.508 e. The van der Waals surface area contributed by atoms with Crippen molar-refractivity contribution in [3.05, 3.63) is 107 Å². The highest BCUT2D eigenvalue weighted by atomic mass is 16.3. The second-order valence-corrected chi connectivity index (χ2v) is 12.4. The molecule has 2 aliphatic carbocycles. The van der Waals surface area contributed by atoms with Crippen LogP contribution in [0.25, 0.3) is 0 Å². The number of aromatic hydroxyl groups is 1. The van der Waals surface area contributed by atoms with Gasteiger partial charge in [-0.2, -0.15) is 5.01 Å². The summed E-state index contributed by atoms with van der Waals surface area (Å²) in [6, 6.07) is 22.2. The number of nitrogens with one attached hydrogen (secondary N) is 1. The summed E-state index contributed by atoms with van der Waals surface area (Å²) in [5.41, 5.74) is 6.50. The van der Waals surface area contributed by atoms with E-state index in [0.29, 0.717) is 17.7 Å². The number of benzene rings is 3. The van der Waals surface area contributed by atoms with Gasteiger partial charge in [-0.25, -0.2) is 0 Å². The normalized spacial score (nSPS) is 29.7. The Morgan fingerprint density at radius 1 is 0.860 bits per heavy atom. The second kappa shape index (κ2) is 9.66. The van der Waals surface area contributed by atoms with Crippen LogP contribution >= 0.6 is 0 Å². The van der Waals surface area contributed by atoms with Crippen molar-refractivity contribution in [2.24, 2.45) is 23.7 Å². The van der Waals surface area contributed by atoms with Crippen LogP contribution in [0.2, 0.25) is 0 Å². The molecule has 4 aliphatic rings. The zero-order chi connectivity index (χ0) is 30.2. The molecule has 2 aliphatic heterocycles. The maximum absolute atomic E-state index is 15.0. The summed E-state index contributed by atoms with van der Waals surface area (Å²) < 4.78 is 0. The van der Waals surface area contributed by atoms with Gasteiger partial charge in [0, 0.05) is 13.0 Å². The Morgan fingerprint density at radius 3 is 2.28 bits per heavy atom. The molecule has 43 heavy (non-hydrogen) atoms. The summed E-state index contributed by atoms with van der Waals surface area (Å²) in [7, 11) is 1.53. The van der Waals surface area contributed by atoms with Gasteiger partial charge in [0.05, 0.1) is 28.9 Å². The average molecular weight is 576 g/mol. The van der Waals surface area contributed by atoms with Gasteiger partial charge in [-0.1, -0.05) is 71.8 Å². The number of likely N-dealkylation sites (tertiary alicyclic amines) is 1. The standard InChI is InChI=1S/C35H33N3O5/c1-19-9-12-23(13-10-19)36-38-32(41)27-18-26-24(14-15-25-29(26)33(42)37(3)31(25)40)30(21-11-16-28(39)20(2)17-21)35(27,34(38)43)22-7-5-4-6-8-22/h4-14,16-17,25-27,29-30,36,39H,15,18H2,1-3H3. The zero-order valence-corrected chi connectivity index (χ0v) is 24.3. The summed E-state index contributed by atoms with van der Waals surface area (Å²) in [5.74, 6) is -3.88. The van der Waals surface area contributed by atoms with Crippen molar-refractivity contribution in [2.45, 2.75) is 38.0 Å². The Labute approximate surface area is 250 Å². The number of imide groups is 2. The van der Waals surface area contributed by atoms with E-state index in [1.165, 1.54) is 11.9 Å². The van der Waals surface area contributed by atoms with E-state index in [1.807, 2.05) is 79.7 Å². The van der Waals surface area contributed by atoms with Crippen LogP contribution in [0.4, 0.5) is 5.69 Å². The number of phenols is 1. The van der Waals surface area contributed by atoms with E-state index in [2.05, 4.69) is 5.43 Å². The van der Waals surface area contributed by atoms with E-state index in [9.17, 15) is 24.3 Å². The fraction of sp³-hybridized carbons (Fsp3) is 0.314. The predicted octanol–water partition coefficient (Wildman–Crippen LogP) is 4.62. The third-order valence-electron chi connectivity index (χ3n) is 10.2. The molecule has 8 heteroatoms. The summed E-state index contributed by atoms with van der Waals surface area (Å²) in [4.78, 5) is 57.3. The Bertz CT molecular complexity index is 1710. The first kappa shape index (κ1) is 27.1. The molecule has 0 bridgehead atoms. The van der Waals surface area contributed by atoms with Crippen molar-refractivity contribution in [3.8, 4) is 5.75 Å². The lowest BCUT2D eigenvalue weighted by molar-refractivity contribution is -0.140. The van der Waals surface area contributed by atoms with Crippen LogP contribution in [0.3, 0.4) is 0 Å². The molecule has 0 spiro atoms. The highest BCUT2D eigenvalue weighted by molar-refractivity contribution is 6.13. The lowest BCUT2D eigenvalue weighted by Crippen LogP contribution is -2.53. The molecule has 2 heterocycles. The monoisotopic (exact) mass is 575 g/mol. The number of nitrogens with zero attached hydrogens (tertiary/aromatic N) is 2. The number of carbonyl (C=O) groups excluding carboxylic acids is 4. The number of rotatable bonds is 4. The third-order valence-corrected chi connectivity index (χ3v) is 10.2. The number of phenolic OH excluding ortho intramolecular Hbond substituents is 1. The van der Waals surface area contributed by atoms with E-state index in [1.54, 1.807) is 13.0 Å². The summed E-state index contributed by atoms with van der Waals surface area (Å²) in [5, 5.41) is 11.6. The number of carbonyl (C=O) groups is 4. The minimum atomic E-state index is -1.31. The molecule has 0 radical (unpaired) electrons. The smallest absolute Gasteiger partial charge is 0.260 e. The number of hydrazine groups is 1. The molecule has 8 nitrogen and oxygen atoms in total. The van der Waals surface area contributed by atoms with Gasteiger partial charge in [0.1, 0.15) is 5.75 Å². The van der Waals surface area contributed by atoms with E-state index < -0.39 is 35.0 Å². The number of aryl methyl sites for hydroxylation is 2. The van der Waals surface area contributed by atoms with Crippen molar-refractivity contribution in [3.63, 3.8) is 0 Å². The van der Waals surface area contributed by atoms with Gasteiger partial charge < -0.3 is 5.11 Å². The third kappa shape index (κ3) is 3.75. The number of allylic oxidation sites excluding steroid dienone is 2. The highest BCUT2D eigenvalue weighted by Gasteiger charge is 2.70. The maximum Gasteiger partial charge on any atom is 0.260 e. The molecule has 6 unspecified atom stereocenters. The van der Waals surface area contributed by atoms with Crippen LogP contribution in [0, 0.1) is 37.5 Å². The van der Waals surface area contributed by atoms with Crippen LogP contribution in [-0.2, 0) is 24.6 Å². The van der Waals surface area contributed by atoms with Crippen LogP contribution < -0.4 is 5.43 Å². The number of fused-ring (bicyclic) bond motifs is 4. The van der Waals surface area contributed by atoms with Crippen molar-refractivity contribution < 1.29 is 24.3 Å². The molecule has 0 aromatic heterocycles. The molecule has 6 atom stereocenters. The zero-order valence-electron chi connectivity index (χ0n) is 24.3. The first-order chi connectivity index (χ1) is 20.6. The molecule has 1 saturated carbocycles. The number of hydrogen-bond donors (Lipinski definition) is 2. The molecular weight excluding hydrogens is 542 g/mol. The summed E-state index contributed by atoms with van der Waals surface area (Å²) >= 11 is 0. The van der Waals surface area contributed by atoms with Crippen LogP contribution in [0.15, 0.2) is 84.4 Å². The van der Waals surface area contributed by atoms with Gasteiger partial charge in [-0.05, 0) is 67.5 Å². The summed E-state index contributed by atoms with van der Waals surface area (Å²) in [6.07, 6.45) is 2.69. The second-order valence-electron chi connectivity index (χ2n) is 12.4. The van der Waals surface area contributed by atoms with E-state index in [0.717, 1.165) is 27.3 Å². The fourth-order valence-corrected chi connectivity index (χ4v) is 8.14. The fourth-order valence-electron chi connectivity index (χ4n) is 8.14. The molecular formula is C35H33N3O5. The number of amides is 4. The van der Waals surface area contributed by atoms with Gasteiger partial charge in [0.15, 0.2) is 0 Å². The minimum Gasteiger partial charge on any atom is -0.508 e. The summed E-state index contributed by atoms with van der Waals surface area (Å²) in [6.45, 7) is 3.77. The number of anilines is 1. The lowest BCUT2D eigenvalue weighted by Gasteiger charge is -2.50. The van der Waals surface area contributed by atoms with Gasteiger partial charge >= 0.3 is 0 Å². The minimum absolute atomic E-state index is 0.133. The van der Waals surface area contributed by atoms with Gasteiger partial charge in [-0.3, -0.25) is 29.5 Å². The van der Waals surface area contributed by atoms with E-state index in [-0.39, 0.29) is 35.8 Å². The van der Waals surface area contributed by atoms with Crippen molar-refractivity contribution in [1.29, 1.82) is 0 Å². The topological polar surface area (TPSA) is 107 Å². The molecule has 218 valence electrons. The quantitative estimate of drug-likeness (QED) is 0.347. The predicted molar refractivity (Wildman–Crippen MR) is 159 cm³/mol. The first-order valence-corrected chi connectivity index (χ1v) is 14.7. The van der Waals surface area contributed by atoms with Crippen molar-refractivity contribution in [1.82, 2.24) is 9.91 Å². The maximum atomic E-state index is 15.0. The first-order valence-electron chi connectivity index (χ1n) is 14.7. The Kier molecular flexibility index (Phi) is 6.09. The Morgan fingerprint density at radius 2 is 1.58 bits per heavy atom. The highest BCUT2D eigenvalue weighted by Crippen LogP contribution is 2.64. The van der Waals surface area contributed by atoms with Crippen LogP contribution in [0.1, 0.15) is 41.0 Å². The van der Waals surface area contributed by atoms with Gasteiger partial charge in [0.25, 0.3) is 11.8 Å². The Balaban J connectivity index is 1.47. The Hall–Kier alpha value is -4.72. The molecule has 3 aromatic rings. The van der Waals surface area contributed by atoms with Crippen molar-refractivity contribution >= 4 is 29.3 Å². The molecule has 4 amide bonds.